The normalized spacial score (nSPS) is 18.8. The number of hydrogen-bond donors (Lipinski definition) is 0. The van der Waals surface area contributed by atoms with Crippen LogP contribution in [0.2, 0.25) is 0 Å². The smallest absolute Gasteiger partial charge is 0.253 e. The molecule has 168 valence electrons. The van der Waals surface area contributed by atoms with E-state index in [-0.39, 0.29) is 10.8 Å². The van der Waals surface area contributed by atoms with E-state index in [9.17, 15) is 13.2 Å². The van der Waals surface area contributed by atoms with Crippen LogP contribution in [0.25, 0.3) is 10.2 Å². The van der Waals surface area contributed by atoms with Crippen LogP contribution in [0, 0.1) is 0 Å². The van der Waals surface area contributed by atoms with E-state index in [4.69, 9.17) is 4.98 Å². The van der Waals surface area contributed by atoms with Crippen LogP contribution in [0.1, 0.15) is 53.4 Å². The maximum atomic E-state index is 13.0. The van der Waals surface area contributed by atoms with Gasteiger partial charge in [-0.25, -0.2) is 13.4 Å². The number of para-hydroxylation sites is 1. The van der Waals surface area contributed by atoms with Gasteiger partial charge in [0.15, 0.2) is 0 Å². The molecule has 3 heterocycles. The molecule has 2 aliphatic rings. The molecule has 3 aromatic rings. The van der Waals surface area contributed by atoms with Gasteiger partial charge in [0.1, 0.15) is 0 Å². The van der Waals surface area contributed by atoms with Gasteiger partial charge in [0.2, 0.25) is 10.0 Å². The van der Waals surface area contributed by atoms with Crippen molar-refractivity contribution in [2.75, 3.05) is 26.2 Å². The molecule has 5 rings (SSSR count). The third-order valence-corrected chi connectivity index (χ3v) is 9.61. The first-order chi connectivity index (χ1) is 15.5. The van der Waals surface area contributed by atoms with E-state index >= 15 is 0 Å². The quantitative estimate of drug-likeness (QED) is 0.564. The van der Waals surface area contributed by atoms with Gasteiger partial charge in [-0.3, -0.25) is 4.79 Å². The Bertz CT molecular complexity index is 1170. The van der Waals surface area contributed by atoms with Crippen LogP contribution in [0.3, 0.4) is 0 Å². The Balaban J connectivity index is 1.23. The minimum atomic E-state index is -3.48. The average molecular weight is 470 g/mol. The lowest BCUT2D eigenvalue weighted by atomic mass is 9.97. The van der Waals surface area contributed by atoms with Crippen LogP contribution in [-0.4, -0.2) is 54.7 Å². The van der Waals surface area contributed by atoms with E-state index in [1.165, 1.54) is 4.70 Å². The second kappa shape index (κ2) is 8.92. The van der Waals surface area contributed by atoms with Crippen LogP contribution >= 0.6 is 11.3 Å². The Labute approximate surface area is 192 Å². The lowest BCUT2D eigenvalue weighted by Gasteiger charge is -2.31. The number of aromatic nitrogens is 1. The van der Waals surface area contributed by atoms with Gasteiger partial charge >= 0.3 is 0 Å². The van der Waals surface area contributed by atoms with E-state index in [0.717, 1.165) is 42.6 Å². The molecule has 0 unspecified atom stereocenters. The Morgan fingerprint density at radius 2 is 1.59 bits per heavy atom. The average Bonchev–Trinajstić information content (AvgIpc) is 3.29. The zero-order valence-corrected chi connectivity index (χ0v) is 19.6. The third-order valence-electron chi connectivity index (χ3n) is 6.50. The van der Waals surface area contributed by atoms with Gasteiger partial charge < -0.3 is 4.90 Å². The van der Waals surface area contributed by atoms with Crippen molar-refractivity contribution in [1.29, 1.82) is 0 Å². The zero-order chi connectivity index (χ0) is 22.1. The molecular weight excluding hydrogens is 442 g/mol. The summed E-state index contributed by atoms with van der Waals surface area (Å²) in [5, 5.41) is 1.16. The number of sulfonamides is 1. The molecule has 0 aliphatic carbocycles. The Hall–Kier alpha value is -2.29. The first-order valence-corrected chi connectivity index (χ1v) is 13.5. The first-order valence-electron chi connectivity index (χ1n) is 11.3. The van der Waals surface area contributed by atoms with Crippen LogP contribution in [0.4, 0.5) is 0 Å². The van der Waals surface area contributed by atoms with Crippen molar-refractivity contribution in [2.24, 2.45) is 0 Å². The van der Waals surface area contributed by atoms with Gasteiger partial charge in [0, 0.05) is 37.7 Å². The molecule has 2 fully saturated rings. The first kappa shape index (κ1) is 21.6. The van der Waals surface area contributed by atoms with Gasteiger partial charge in [0.25, 0.3) is 5.91 Å². The summed E-state index contributed by atoms with van der Waals surface area (Å²) >= 11 is 1.75. The fourth-order valence-electron chi connectivity index (χ4n) is 4.60. The van der Waals surface area contributed by atoms with Crippen LogP contribution in [-0.2, 0) is 10.0 Å². The number of carbonyl (C=O) groups is 1. The van der Waals surface area contributed by atoms with E-state index in [1.54, 1.807) is 39.9 Å². The van der Waals surface area contributed by atoms with Crippen molar-refractivity contribution in [3.05, 3.63) is 59.1 Å². The lowest BCUT2D eigenvalue weighted by molar-refractivity contribution is 0.0713. The van der Waals surface area contributed by atoms with Crippen molar-refractivity contribution in [2.45, 2.75) is 42.9 Å². The number of amides is 1. The maximum Gasteiger partial charge on any atom is 0.253 e. The topological polar surface area (TPSA) is 70.6 Å². The second-order valence-corrected chi connectivity index (χ2v) is 11.6. The molecule has 0 N–H and O–H groups in total. The molecule has 2 saturated heterocycles. The molecule has 0 saturated carbocycles. The SMILES string of the molecule is O=C(c1ccc(S(=O)(=O)N2CCCCC2)cc1)N1CCC(c2nc3ccccc3s2)CC1. The van der Waals surface area contributed by atoms with Gasteiger partial charge in [0.05, 0.1) is 20.1 Å². The lowest BCUT2D eigenvalue weighted by Crippen LogP contribution is -2.38. The third kappa shape index (κ3) is 4.19. The number of hydrogen-bond acceptors (Lipinski definition) is 5. The molecule has 2 aliphatic heterocycles. The summed E-state index contributed by atoms with van der Waals surface area (Å²) in [7, 11) is -3.48. The second-order valence-electron chi connectivity index (χ2n) is 8.58. The van der Waals surface area contributed by atoms with Crippen molar-refractivity contribution in [3.8, 4) is 0 Å². The van der Waals surface area contributed by atoms with Crippen LogP contribution in [0.5, 0.6) is 0 Å². The number of rotatable bonds is 4. The Morgan fingerprint density at radius 1 is 0.906 bits per heavy atom. The molecule has 2 aromatic carbocycles. The monoisotopic (exact) mass is 469 g/mol. The van der Waals surface area contributed by atoms with Gasteiger partial charge in [-0.2, -0.15) is 4.31 Å². The summed E-state index contributed by atoms with van der Waals surface area (Å²) in [4.78, 5) is 19.9. The van der Waals surface area contributed by atoms with E-state index in [1.807, 2.05) is 23.1 Å². The molecule has 6 nitrogen and oxygen atoms in total. The number of carbonyl (C=O) groups excluding carboxylic acids is 1. The summed E-state index contributed by atoms with van der Waals surface area (Å²) in [5.74, 6) is 0.350. The van der Waals surface area contributed by atoms with Gasteiger partial charge in [-0.1, -0.05) is 18.6 Å². The van der Waals surface area contributed by atoms with Crippen LogP contribution in [0.15, 0.2) is 53.4 Å². The molecule has 0 atom stereocenters. The highest BCUT2D eigenvalue weighted by atomic mass is 32.2. The number of likely N-dealkylation sites (tertiary alicyclic amines) is 1. The van der Waals surface area contributed by atoms with Crippen molar-refractivity contribution < 1.29 is 13.2 Å². The Morgan fingerprint density at radius 3 is 2.28 bits per heavy atom. The molecule has 0 radical (unpaired) electrons. The number of piperidine rings is 2. The minimum absolute atomic E-state index is 0.0327. The minimum Gasteiger partial charge on any atom is -0.339 e. The van der Waals surface area contributed by atoms with E-state index < -0.39 is 10.0 Å². The summed E-state index contributed by atoms with van der Waals surface area (Å²) in [5.41, 5.74) is 1.59. The number of nitrogens with zero attached hydrogens (tertiary/aromatic N) is 3. The highest BCUT2D eigenvalue weighted by Crippen LogP contribution is 2.34. The molecule has 1 amide bonds. The molecule has 1 aromatic heterocycles. The molecule has 32 heavy (non-hydrogen) atoms. The van der Waals surface area contributed by atoms with E-state index in [0.29, 0.717) is 37.7 Å². The fraction of sp³-hybridized carbons (Fsp3) is 0.417. The van der Waals surface area contributed by atoms with Gasteiger partial charge in [-0.15, -0.1) is 11.3 Å². The zero-order valence-electron chi connectivity index (χ0n) is 17.9. The molecule has 0 spiro atoms. The number of thiazole rings is 1. The maximum absolute atomic E-state index is 13.0. The summed E-state index contributed by atoms with van der Waals surface area (Å²) in [6.07, 6.45) is 4.68. The van der Waals surface area contributed by atoms with Crippen molar-refractivity contribution in [1.82, 2.24) is 14.2 Å². The largest absolute Gasteiger partial charge is 0.339 e. The number of fused-ring (bicyclic) bond motifs is 1. The van der Waals surface area contributed by atoms with E-state index in [2.05, 4.69) is 6.07 Å². The Kier molecular flexibility index (Phi) is 6.01. The summed E-state index contributed by atoms with van der Waals surface area (Å²) in [6.45, 7) is 2.53. The highest BCUT2D eigenvalue weighted by molar-refractivity contribution is 7.89. The molecule has 0 bridgehead atoms. The molecule has 8 heteroatoms. The van der Waals surface area contributed by atoms with Crippen molar-refractivity contribution >= 4 is 37.5 Å². The van der Waals surface area contributed by atoms with Gasteiger partial charge in [-0.05, 0) is 62.1 Å². The molecular formula is C24H27N3O3S2. The van der Waals surface area contributed by atoms with Crippen LogP contribution < -0.4 is 0 Å². The number of benzene rings is 2. The fourth-order valence-corrected chi connectivity index (χ4v) is 7.25. The van der Waals surface area contributed by atoms with Crippen molar-refractivity contribution in [3.63, 3.8) is 0 Å². The summed E-state index contributed by atoms with van der Waals surface area (Å²) in [6, 6.07) is 14.6. The predicted octanol–water partition coefficient (Wildman–Crippen LogP) is 4.49. The highest BCUT2D eigenvalue weighted by Gasteiger charge is 2.28. The summed E-state index contributed by atoms with van der Waals surface area (Å²) < 4.78 is 28.4. The predicted molar refractivity (Wildman–Crippen MR) is 127 cm³/mol. The standard InChI is InChI=1S/C24H27N3O3S2/c28-24(19-8-10-20(11-9-19)32(29,30)27-14-4-1-5-15-27)26-16-12-18(13-17-26)23-25-21-6-2-3-7-22(21)31-23/h2-3,6-11,18H,1,4-5,12-17H2.